The van der Waals surface area contributed by atoms with Crippen LogP contribution in [-0.4, -0.2) is 30.1 Å². The second-order valence-corrected chi connectivity index (χ2v) is 25.2. The first kappa shape index (κ1) is 53.5. The van der Waals surface area contributed by atoms with Crippen LogP contribution in [0.1, 0.15) is 173 Å². The topological polar surface area (TPSA) is 110 Å². The lowest BCUT2D eigenvalue weighted by molar-refractivity contribution is 0.295. The fourth-order valence-corrected chi connectivity index (χ4v) is 10.1. The summed E-state index contributed by atoms with van der Waals surface area (Å²) in [6.45, 7) is 31.1. The monoisotopic (exact) mass is 1010 g/mol. The van der Waals surface area contributed by atoms with Gasteiger partial charge < -0.3 is 19.7 Å². The number of fused-ring (bicyclic) bond motifs is 8. The first-order valence-corrected chi connectivity index (χ1v) is 26.9. The molecule has 2 N–H and O–H groups in total. The SMILES string of the molecule is Cc1cccc(-c2cccc(COc3c4cc(C(C)(C)C)cc3Cc3cc(C(C)(C)C)cc(c3O)Cc3cc(C(C)(C)C)cc(c3OCc3cccc(-c5cccc(C)n5)n3)Cc3cc(C(C)(C)C)cc(c3O)C4)n2)n1. The number of pyridine rings is 4. The minimum absolute atomic E-state index is 0.198. The normalized spacial score (nSPS) is 13.1. The van der Waals surface area contributed by atoms with Gasteiger partial charge in [-0.25, -0.2) is 9.97 Å². The number of hydrogen-bond donors (Lipinski definition) is 2. The molecule has 8 heteroatoms. The number of phenols is 2. The average Bonchev–Trinajstić information content (AvgIpc) is 3.34. The van der Waals surface area contributed by atoms with Gasteiger partial charge >= 0.3 is 0 Å². The van der Waals surface area contributed by atoms with E-state index in [1.807, 2.05) is 86.6 Å². The number of benzene rings is 4. The van der Waals surface area contributed by atoms with Gasteiger partial charge in [0.2, 0.25) is 0 Å². The molecule has 0 amide bonds. The smallest absolute Gasteiger partial charge is 0.130 e. The van der Waals surface area contributed by atoms with Crippen molar-refractivity contribution >= 4 is 0 Å². The summed E-state index contributed by atoms with van der Waals surface area (Å²) in [6, 6.07) is 41.6. The van der Waals surface area contributed by atoms with Crippen LogP contribution in [0.25, 0.3) is 22.8 Å². The van der Waals surface area contributed by atoms with Crippen molar-refractivity contribution in [2.75, 3.05) is 0 Å². The van der Waals surface area contributed by atoms with Crippen molar-refractivity contribution in [2.24, 2.45) is 0 Å². The molecule has 1 aliphatic rings. The van der Waals surface area contributed by atoms with Crippen molar-refractivity contribution < 1.29 is 19.7 Å². The van der Waals surface area contributed by atoms with E-state index in [1.54, 1.807) is 0 Å². The second-order valence-electron chi connectivity index (χ2n) is 25.2. The largest absolute Gasteiger partial charge is 0.507 e. The predicted octanol–water partition coefficient (Wildman–Crippen LogP) is 15.7. The van der Waals surface area contributed by atoms with Gasteiger partial charge in [-0.3, -0.25) is 9.97 Å². The highest BCUT2D eigenvalue weighted by molar-refractivity contribution is 5.60. The van der Waals surface area contributed by atoms with E-state index < -0.39 is 0 Å². The average molecular weight is 1010 g/mol. The molecule has 4 aromatic heterocycles. The molecule has 8 bridgehead atoms. The lowest BCUT2D eigenvalue weighted by Gasteiger charge is -2.28. The van der Waals surface area contributed by atoms with Crippen molar-refractivity contribution in [2.45, 2.75) is 157 Å². The summed E-state index contributed by atoms with van der Waals surface area (Å²) in [6.07, 6.45) is 1.57. The van der Waals surface area contributed by atoms with Gasteiger partial charge in [-0.15, -0.1) is 0 Å². The van der Waals surface area contributed by atoms with E-state index in [0.29, 0.717) is 25.7 Å². The van der Waals surface area contributed by atoms with Crippen molar-refractivity contribution in [1.82, 2.24) is 19.9 Å². The zero-order valence-corrected chi connectivity index (χ0v) is 47.3. The number of phenolic OH excluding ortho intramolecular Hbond substituents is 2. The summed E-state index contributed by atoms with van der Waals surface area (Å²) < 4.78 is 14.3. The van der Waals surface area contributed by atoms with Crippen molar-refractivity contribution in [3.63, 3.8) is 0 Å². The Bertz CT molecular complexity index is 3150. The number of ether oxygens (including phenoxy) is 2. The molecule has 76 heavy (non-hydrogen) atoms. The van der Waals surface area contributed by atoms with Crippen LogP contribution in [0.3, 0.4) is 0 Å². The van der Waals surface area contributed by atoms with E-state index in [1.165, 1.54) is 0 Å². The lowest BCUT2D eigenvalue weighted by atomic mass is 9.79. The third-order valence-electron chi connectivity index (χ3n) is 14.7. The molecular formula is C68H76N4O4. The molecular weight excluding hydrogens is 937 g/mol. The molecule has 1 aliphatic carbocycles. The van der Waals surface area contributed by atoms with Crippen molar-refractivity contribution in [3.8, 4) is 45.8 Å². The Labute approximate surface area is 451 Å². The number of aryl methyl sites for hydroxylation is 2. The molecule has 0 saturated heterocycles. The van der Waals surface area contributed by atoms with E-state index >= 15 is 0 Å². The highest BCUT2D eigenvalue weighted by atomic mass is 16.5. The molecule has 0 atom stereocenters. The van der Waals surface area contributed by atoms with E-state index in [2.05, 4.69) is 132 Å². The maximum Gasteiger partial charge on any atom is 0.130 e. The van der Waals surface area contributed by atoms with Crippen LogP contribution in [0.5, 0.6) is 23.0 Å². The van der Waals surface area contributed by atoms with Crippen LogP contribution in [-0.2, 0) is 60.6 Å². The van der Waals surface area contributed by atoms with E-state index in [-0.39, 0.29) is 46.4 Å². The summed E-state index contributed by atoms with van der Waals surface area (Å²) in [5.41, 5.74) is 17.1. The van der Waals surface area contributed by atoms with Crippen molar-refractivity contribution in [1.29, 1.82) is 0 Å². The fourth-order valence-electron chi connectivity index (χ4n) is 10.1. The molecule has 0 radical (unpaired) electrons. The van der Waals surface area contributed by atoms with Crippen LogP contribution < -0.4 is 9.47 Å². The Morgan fingerprint density at radius 1 is 0.355 bits per heavy atom. The van der Waals surface area contributed by atoms with E-state index in [4.69, 9.17) is 29.4 Å². The van der Waals surface area contributed by atoms with Gasteiger partial charge in [0.05, 0.1) is 34.2 Å². The molecule has 9 rings (SSSR count). The van der Waals surface area contributed by atoms with Gasteiger partial charge in [0.25, 0.3) is 0 Å². The summed E-state index contributed by atoms with van der Waals surface area (Å²) in [7, 11) is 0. The number of hydrogen-bond acceptors (Lipinski definition) is 8. The molecule has 0 unspecified atom stereocenters. The van der Waals surface area contributed by atoms with Crippen LogP contribution in [0.4, 0.5) is 0 Å². The minimum Gasteiger partial charge on any atom is -0.507 e. The molecule has 4 aromatic carbocycles. The molecule has 4 heterocycles. The summed E-state index contributed by atoms with van der Waals surface area (Å²) in [5, 5.41) is 25.8. The van der Waals surface area contributed by atoms with Crippen LogP contribution >= 0.6 is 0 Å². The molecule has 8 aromatic rings. The highest BCUT2D eigenvalue weighted by Crippen LogP contribution is 2.44. The fraction of sp³-hybridized carbons (Fsp3) is 0.353. The molecule has 0 fully saturated rings. The summed E-state index contributed by atoms with van der Waals surface area (Å²) in [5.74, 6) is 1.94. The Morgan fingerprint density at radius 2 is 0.605 bits per heavy atom. The maximum atomic E-state index is 12.9. The zero-order chi connectivity index (χ0) is 54.5. The first-order chi connectivity index (χ1) is 35.8. The van der Waals surface area contributed by atoms with Crippen molar-refractivity contribution in [3.05, 3.63) is 211 Å². The van der Waals surface area contributed by atoms with Crippen LogP contribution in [0, 0.1) is 13.8 Å². The van der Waals surface area contributed by atoms with Gasteiger partial charge in [-0.05, 0) is 151 Å². The number of nitrogens with zero attached hydrogens (tertiary/aromatic N) is 4. The molecule has 392 valence electrons. The van der Waals surface area contributed by atoms with Crippen LogP contribution in [0.15, 0.2) is 121 Å². The lowest BCUT2D eigenvalue weighted by Crippen LogP contribution is -2.17. The Hall–Kier alpha value is -7.32. The van der Waals surface area contributed by atoms with E-state index in [0.717, 1.165) is 124 Å². The second kappa shape index (κ2) is 20.7. The number of aromatic hydroxyl groups is 2. The maximum absolute atomic E-state index is 12.9. The molecule has 0 aliphatic heterocycles. The van der Waals surface area contributed by atoms with Gasteiger partial charge in [-0.2, -0.15) is 0 Å². The molecule has 8 nitrogen and oxygen atoms in total. The third-order valence-corrected chi connectivity index (χ3v) is 14.7. The third kappa shape index (κ3) is 12.0. The molecule has 0 saturated carbocycles. The van der Waals surface area contributed by atoms with E-state index in [9.17, 15) is 10.2 Å². The minimum atomic E-state index is -0.246. The first-order valence-electron chi connectivity index (χ1n) is 26.9. The Balaban J connectivity index is 1.26. The quantitative estimate of drug-likeness (QED) is 0.155. The van der Waals surface area contributed by atoms with Crippen LogP contribution in [0.2, 0.25) is 0 Å². The summed E-state index contributed by atoms with van der Waals surface area (Å²) in [4.78, 5) is 19.6. The summed E-state index contributed by atoms with van der Waals surface area (Å²) >= 11 is 0. The molecule has 0 spiro atoms. The highest BCUT2D eigenvalue weighted by Gasteiger charge is 2.29. The van der Waals surface area contributed by atoms with Gasteiger partial charge in [0.15, 0.2) is 0 Å². The number of aromatic nitrogens is 4. The Kier molecular flexibility index (Phi) is 14.5. The zero-order valence-electron chi connectivity index (χ0n) is 47.3. The van der Waals surface area contributed by atoms with Gasteiger partial charge in [0.1, 0.15) is 36.2 Å². The standard InChI is InChI=1S/C68H76N4O4/c1-41-19-15-23-57(69-41)59-25-17-21-55(71-59)39-75-63-47-27-43-31-51(65(3,4)5)33-45(61(43)73)29-49-37-54(68(12,13)14)38-50(64(49)76-40-56-22-18-26-60(72-56)58-24-16-20-42(2)70-58)30-46-34-52(66(6,7)8)32-44(62(46)74)28-48(63)36-53(35-47)67(9,10)11/h15-26,31-38,73-74H,27-30,39-40H2,1-14H3. The predicted molar refractivity (Wildman–Crippen MR) is 308 cm³/mol. The van der Waals surface area contributed by atoms with Gasteiger partial charge in [0, 0.05) is 37.1 Å². The number of rotatable bonds is 8. The Morgan fingerprint density at radius 3 is 0.868 bits per heavy atom. The van der Waals surface area contributed by atoms with Gasteiger partial charge in [-0.1, -0.05) is 156 Å².